The maximum Gasteiger partial charge on any atom is 0.269 e. The molecule has 1 aromatic carbocycles. The van der Waals surface area contributed by atoms with Crippen LogP contribution in [-0.4, -0.2) is 68.6 Å². The van der Waals surface area contributed by atoms with Gasteiger partial charge in [-0.1, -0.05) is 49.3 Å². The molecule has 216 valence electrons. The second-order valence-corrected chi connectivity index (χ2v) is 12.3. The predicted molar refractivity (Wildman–Crippen MR) is 160 cm³/mol. The Labute approximate surface area is 245 Å². The van der Waals surface area contributed by atoms with Crippen LogP contribution in [0.3, 0.4) is 0 Å². The highest BCUT2D eigenvalue weighted by Gasteiger charge is 2.25. The van der Waals surface area contributed by atoms with Crippen LogP contribution in [0.15, 0.2) is 53.2 Å². The molecule has 10 heteroatoms. The molecule has 0 spiro atoms. The molecule has 0 amide bonds. The number of aliphatic hydroxyl groups excluding tert-OH is 1. The number of morpholine rings is 1. The lowest BCUT2D eigenvalue weighted by Crippen LogP contribution is -2.35. The molecule has 41 heavy (non-hydrogen) atoms. The Morgan fingerprint density at radius 1 is 1.02 bits per heavy atom. The predicted octanol–water partition coefficient (Wildman–Crippen LogP) is 5.71. The normalized spacial score (nSPS) is 21.4. The van der Waals surface area contributed by atoms with E-state index in [0.29, 0.717) is 17.8 Å². The van der Waals surface area contributed by atoms with Crippen LogP contribution in [-0.2, 0) is 11.3 Å². The highest BCUT2D eigenvalue weighted by atomic mass is 32.1. The summed E-state index contributed by atoms with van der Waals surface area (Å²) >= 11 is 1.59. The van der Waals surface area contributed by atoms with Crippen LogP contribution in [0.2, 0.25) is 0 Å². The molecule has 9 nitrogen and oxygen atoms in total. The number of hydrogen-bond acceptors (Lipinski definition) is 10. The van der Waals surface area contributed by atoms with Crippen molar-refractivity contribution >= 4 is 17.2 Å². The molecule has 2 aliphatic rings. The van der Waals surface area contributed by atoms with Crippen LogP contribution < -0.4 is 5.32 Å². The van der Waals surface area contributed by atoms with Gasteiger partial charge >= 0.3 is 0 Å². The van der Waals surface area contributed by atoms with Crippen LogP contribution in [0.4, 0.5) is 5.82 Å². The Hall–Kier alpha value is -3.18. The Balaban J connectivity index is 1.21. The topological polar surface area (TPSA) is 109 Å². The molecule has 2 unspecified atom stereocenters. The molecule has 0 radical (unpaired) electrons. The van der Waals surface area contributed by atoms with Crippen LogP contribution in [0.5, 0.6) is 0 Å². The highest BCUT2D eigenvalue weighted by Crippen LogP contribution is 2.37. The standard InChI is InChI=1S/C31H38N6O3S/c1-20(21(2)31-32-18-27(41-31)30-35-29(36-40-30)23-6-4-3-5-7-23)26-16-22(19-37-12-14-39-15-13-37)17-28(34-26)33-24-8-10-25(38)11-9-24/h3-7,16-18,20-21,24-25,38H,8-15,19H2,1-2H3,(H,33,34). The van der Waals surface area contributed by atoms with E-state index >= 15 is 0 Å². The number of hydrogen-bond donors (Lipinski definition) is 2. The van der Waals surface area contributed by atoms with Gasteiger partial charge in [-0.15, -0.1) is 11.3 Å². The number of rotatable bonds is 9. The van der Waals surface area contributed by atoms with Gasteiger partial charge in [-0.05, 0) is 43.4 Å². The molecule has 2 fully saturated rings. The number of pyridine rings is 1. The van der Waals surface area contributed by atoms with Crippen LogP contribution in [0.1, 0.15) is 67.6 Å². The lowest BCUT2D eigenvalue weighted by molar-refractivity contribution is 0.0342. The molecule has 0 bridgehead atoms. The Morgan fingerprint density at radius 3 is 2.59 bits per heavy atom. The van der Waals surface area contributed by atoms with E-state index in [1.54, 1.807) is 11.3 Å². The zero-order valence-electron chi connectivity index (χ0n) is 23.7. The van der Waals surface area contributed by atoms with E-state index in [-0.39, 0.29) is 17.9 Å². The molecular weight excluding hydrogens is 536 g/mol. The average molecular weight is 575 g/mol. The third kappa shape index (κ3) is 6.83. The molecule has 4 aromatic rings. The third-order valence-electron chi connectivity index (χ3n) is 8.26. The molecule has 2 atom stereocenters. The maximum atomic E-state index is 9.96. The summed E-state index contributed by atoms with van der Waals surface area (Å²) in [6, 6.07) is 14.6. The van der Waals surface area contributed by atoms with Gasteiger partial charge in [0.1, 0.15) is 10.7 Å². The molecule has 1 aliphatic carbocycles. The second kappa shape index (κ2) is 12.8. The van der Waals surface area contributed by atoms with Gasteiger partial charge in [0.25, 0.3) is 5.89 Å². The molecule has 3 aromatic heterocycles. The van der Waals surface area contributed by atoms with Crippen LogP contribution in [0, 0.1) is 0 Å². The highest BCUT2D eigenvalue weighted by molar-refractivity contribution is 7.15. The summed E-state index contributed by atoms with van der Waals surface area (Å²) in [4.78, 5) is 17.8. The number of nitrogens with one attached hydrogen (secondary N) is 1. The zero-order valence-corrected chi connectivity index (χ0v) is 24.5. The molecule has 6 rings (SSSR count). The van der Waals surface area contributed by atoms with Gasteiger partial charge in [0.05, 0.1) is 30.5 Å². The first-order chi connectivity index (χ1) is 20.0. The van der Waals surface area contributed by atoms with Crippen molar-refractivity contribution in [2.24, 2.45) is 0 Å². The van der Waals surface area contributed by atoms with Gasteiger partial charge in [-0.25, -0.2) is 9.97 Å². The minimum absolute atomic E-state index is 0.147. The van der Waals surface area contributed by atoms with Crippen molar-refractivity contribution < 1.29 is 14.4 Å². The van der Waals surface area contributed by atoms with Crippen molar-refractivity contribution in [3.63, 3.8) is 0 Å². The van der Waals surface area contributed by atoms with E-state index in [1.165, 1.54) is 5.56 Å². The fraction of sp³-hybridized carbons (Fsp3) is 0.484. The largest absolute Gasteiger partial charge is 0.393 e. The van der Waals surface area contributed by atoms with Gasteiger partial charge < -0.3 is 19.7 Å². The van der Waals surface area contributed by atoms with Crippen molar-refractivity contribution in [2.75, 3.05) is 31.6 Å². The monoisotopic (exact) mass is 574 g/mol. The summed E-state index contributed by atoms with van der Waals surface area (Å²) < 4.78 is 11.1. The van der Waals surface area contributed by atoms with Crippen molar-refractivity contribution in [3.8, 4) is 22.2 Å². The van der Waals surface area contributed by atoms with Crippen molar-refractivity contribution in [1.82, 2.24) is 25.0 Å². The van der Waals surface area contributed by atoms with Crippen molar-refractivity contribution in [3.05, 3.63) is 64.9 Å². The smallest absolute Gasteiger partial charge is 0.269 e. The first-order valence-electron chi connectivity index (χ1n) is 14.6. The quantitative estimate of drug-likeness (QED) is 0.260. The first-order valence-corrected chi connectivity index (χ1v) is 15.4. The fourth-order valence-corrected chi connectivity index (χ4v) is 6.55. The molecule has 1 saturated carbocycles. The number of benzene rings is 1. The lowest BCUT2D eigenvalue weighted by Gasteiger charge is -2.29. The summed E-state index contributed by atoms with van der Waals surface area (Å²) in [7, 11) is 0. The van der Waals surface area contributed by atoms with E-state index in [2.05, 4.69) is 46.3 Å². The zero-order chi connectivity index (χ0) is 28.2. The Bertz CT molecular complexity index is 1410. The number of ether oxygens (including phenoxy) is 1. The van der Waals surface area contributed by atoms with Crippen molar-refractivity contribution in [1.29, 1.82) is 0 Å². The Morgan fingerprint density at radius 2 is 1.80 bits per heavy atom. The molecule has 1 aliphatic heterocycles. The van der Waals surface area contributed by atoms with Gasteiger partial charge in [-0.3, -0.25) is 4.90 Å². The molecule has 4 heterocycles. The van der Waals surface area contributed by atoms with E-state index in [0.717, 1.165) is 85.5 Å². The van der Waals surface area contributed by atoms with Gasteiger partial charge in [0.15, 0.2) is 0 Å². The number of thiazole rings is 1. The van der Waals surface area contributed by atoms with Gasteiger partial charge in [0, 0.05) is 48.8 Å². The van der Waals surface area contributed by atoms with Crippen LogP contribution in [0.25, 0.3) is 22.2 Å². The summed E-state index contributed by atoms with van der Waals surface area (Å²) in [6.45, 7) is 8.75. The van der Waals surface area contributed by atoms with E-state index < -0.39 is 0 Å². The summed E-state index contributed by atoms with van der Waals surface area (Å²) in [5.41, 5.74) is 3.24. The van der Waals surface area contributed by atoms with Crippen LogP contribution >= 0.6 is 11.3 Å². The number of aliphatic hydroxyl groups is 1. The van der Waals surface area contributed by atoms with E-state index in [4.69, 9.17) is 19.2 Å². The Kier molecular flexibility index (Phi) is 8.71. The molecule has 1 saturated heterocycles. The number of aromatic nitrogens is 4. The third-order valence-corrected chi connectivity index (χ3v) is 9.45. The molecule has 2 N–H and O–H groups in total. The van der Waals surface area contributed by atoms with E-state index in [9.17, 15) is 5.11 Å². The lowest BCUT2D eigenvalue weighted by atomic mass is 9.91. The summed E-state index contributed by atoms with van der Waals surface area (Å²) in [5.74, 6) is 2.28. The first kappa shape index (κ1) is 28.0. The van der Waals surface area contributed by atoms with Gasteiger partial charge in [0.2, 0.25) is 5.82 Å². The maximum absolute atomic E-state index is 9.96. The minimum atomic E-state index is -0.176. The number of anilines is 1. The molecular formula is C31H38N6O3S. The average Bonchev–Trinajstić information content (AvgIpc) is 3.69. The SMILES string of the molecule is CC(c1cc(CN2CCOCC2)cc(NC2CCC(O)CC2)n1)C(C)c1ncc(-c2nc(-c3ccccc3)no2)s1. The van der Waals surface area contributed by atoms with Gasteiger partial charge in [-0.2, -0.15) is 4.98 Å². The summed E-state index contributed by atoms with van der Waals surface area (Å²) in [5, 5.41) is 18.8. The summed E-state index contributed by atoms with van der Waals surface area (Å²) in [6.07, 6.45) is 5.25. The second-order valence-electron chi connectivity index (χ2n) is 11.3. The van der Waals surface area contributed by atoms with Crippen molar-refractivity contribution in [2.45, 2.75) is 70.1 Å². The van der Waals surface area contributed by atoms with E-state index in [1.807, 2.05) is 36.5 Å². The minimum Gasteiger partial charge on any atom is -0.393 e. The number of nitrogens with zero attached hydrogens (tertiary/aromatic N) is 5. The fourth-order valence-electron chi connectivity index (χ4n) is 5.55.